The van der Waals surface area contributed by atoms with E-state index in [0.717, 1.165) is 0 Å². The molecule has 12 heavy (non-hydrogen) atoms. The Morgan fingerprint density at radius 1 is 1.33 bits per heavy atom. The monoisotopic (exact) mass is 175 g/mol. The van der Waals surface area contributed by atoms with Crippen molar-refractivity contribution in [1.82, 2.24) is 5.32 Å². The Hall–Kier alpha value is -0.120. The molecule has 0 saturated heterocycles. The Balaban J connectivity index is 3.73. The molecule has 0 aliphatic heterocycles. The van der Waals surface area contributed by atoms with E-state index in [-0.39, 0.29) is 18.1 Å². The normalized spacial score (nSPS) is 17.5. The Kier molecular flexibility index (Phi) is 4.75. The molecule has 0 bridgehead atoms. The standard InChI is InChI=1S/C9H21NO2/c1-7(12)8(6-11)5-10-9(2,3)4/h7-8,10-12H,5-6H2,1-4H3. The van der Waals surface area contributed by atoms with Crippen LogP contribution in [0.4, 0.5) is 0 Å². The molecule has 0 aliphatic carbocycles. The van der Waals surface area contributed by atoms with Crippen LogP contribution in [0.2, 0.25) is 0 Å². The van der Waals surface area contributed by atoms with Gasteiger partial charge in [-0.05, 0) is 27.7 Å². The minimum Gasteiger partial charge on any atom is -0.396 e. The van der Waals surface area contributed by atoms with Crippen molar-refractivity contribution in [1.29, 1.82) is 0 Å². The quantitative estimate of drug-likeness (QED) is 0.578. The van der Waals surface area contributed by atoms with Gasteiger partial charge in [-0.3, -0.25) is 0 Å². The highest BCUT2D eigenvalue weighted by Crippen LogP contribution is 2.04. The molecule has 0 aromatic heterocycles. The molecule has 2 unspecified atom stereocenters. The second-order valence-electron chi connectivity index (χ2n) is 4.31. The van der Waals surface area contributed by atoms with Gasteiger partial charge in [0.1, 0.15) is 0 Å². The molecule has 3 heteroatoms. The van der Waals surface area contributed by atoms with Crippen molar-refractivity contribution in [3.05, 3.63) is 0 Å². The lowest BCUT2D eigenvalue weighted by molar-refractivity contribution is 0.0767. The fourth-order valence-electron chi connectivity index (χ4n) is 0.825. The predicted octanol–water partition coefficient (Wildman–Crippen LogP) is 0.364. The molecule has 0 spiro atoms. The van der Waals surface area contributed by atoms with Gasteiger partial charge in [-0.2, -0.15) is 0 Å². The van der Waals surface area contributed by atoms with Gasteiger partial charge in [0.2, 0.25) is 0 Å². The summed E-state index contributed by atoms with van der Waals surface area (Å²) in [5, 5.41) is 21.3. The summed E-state index contributed by atoms with van der Waals surface area (Å²) in [5.41, 5.74) is 0.0440. The molecule has 74 valence electrons. The molecule has 0 fully saturated rings. The van der Waals surface area contributed by atoms with Gasteiger partial charge in [-0.1, -0.05) is 0 Å². The number of hydrogen-bond donors (Lipinski definition) is 3. The third-order valence-electron chi connectivity index (χ3n) is 1.81. The molecule has 0 saturated carbocycles. The summed E-state index contributed by atoms with van der Waals surface area (Å²) in [6.45, 7) is 8.56. The average Bonchev–Trinajstić information content (AvgIpc) is 1.85. The summed E-state index contributed by atoms with van der Waals surface area (Å²) in [6, 6.07) is 0. The zero-order valence-corrected chi connectivity index (χ0v) is 8.46. The summed E-state index contributed by atoms with van der Waals surface area (Å²) < 4.78 is 0. The van der Waals surface area contributed by atoms with Gasteiger partial charge < -0.3 is 15.5 Å². The zero-order chi connectivity index (χ0) is 9.78. The summed E-state index contributed by atoms with van der Waals surface area (Å²) in [7, 11) is 0. The Morgan fingerprint density at radius 3 is 2.08 bits per heavy atom. The van der Waals surface area contributed by atoms with Gasteiger partial charge >= 0.3 is 0 Å². The molecule has 2 atom stereocenters. The number of nitrogens with one attached hydrogen (secondary N) is 1. The molecule has 0 aliphatic rings. The molecular formula is C9H21NO2. The van der Waals surface area contributed by atoms with E-state index < -0.39 is 6.10 Å². The summed E-state index contributed by atoms with van der Waals surface area (Å²) in [5.74, 6) is -0.0655. The van der Waals surface area contributed by atoms with Crippen molar-refractivity contribution in [3.8, 4) is 0 Å². The minimum atomic E-state index is -0.454. The molecule has 0 aromatic carbocycles. The van der Waals surface area contributed by atoms with Crippen molar-refractivity contribution in [2.45, 2.75) is 39.3 Å². The first-order valence-corrected chi connectivity index (χ1v) is 4.41. The third-order valence-corrected chi connectivity index (χ3v) is 1.81. The van der Waals surface area contributed by atoms with Crippen LogP contribution in [-0.2, 0) is 0 Å². The molecule has 0 radical (unpaired) electrons. The fourth-order valence-corrected chi connectivity index (χ4v) is 0.825. The number of rotatable bonds is 4. The van der Waals surface area contributed by atoms with Gasteiger partial charge in [0.15, 0.2) is 0 Å². The van der Waals surface area contributed by atoms with Gasteiger partial charge in [0.25, 0.3) is 0 Å². The first-order valence-electron chi connectivity index (χ1n) is 4.41. The van der Waals surface area contributed by atoms with Crippen LogP contribution in [0.3, 0.4) is 0 Å². The topological polar surface area (TPSA) is 52.5 Å². The largest absolute Gasteiger partial charge is 0.396 e. The van der Waals surface area contributed by atoms with Crippen molar-refractivity contribution >= 4 is 0 Å². The van der Waals surface area contributed by atoms with Crippen LogP contribution in [0, 0.1) is 5.92 Å². The van der Waals surface area contributed by atoms with Crippen molar-refractivity contribution in [2.24, 2.45) is 5.92 Å². The van der Waals surface area contributed by atoms with Gasteiger partial charge in [0.05, 0.1) is 6.10 Å². The van der Waals surface area contributed by atoms with E-state index in [1.54, 1.807) is 6.92 Å². The molecule has 3 N–H and O–H groups in total. The fraction of sp³-hybridized carbons (Fsp3) is 1.00. The molecule has 0 heterocycles. The van der Waals surface area contributed by atoms with Crippen molar-refractivity contribution < 1.29 is 10.2 Å². The summed E-state index contributed by atoms with van der Waals surface area (Å²) in [6.07, 6.45) is -0.454. The third kappa shape index (κ3) is 5.52. The molecule has 0 amide bonds. The first-order chi connectivity index (χ1) is 5.37. The van der Waals surface area contributed by atoms with E-state index in [2.05, 4.69) is 26.1 Å². The van der Waals surface area contributed by atoms with Crippen LogP contribution in [0.5, 0.6) is 0 Å². The van der Waals surface area contributed by atoms with E-state index in [1.807, 2.05) is 0 Å². The highest BCUT2D eigenvalue weighted by Gasteiger charge is 2.16. The summed E-state index contributed by atoms with van der Waals surface area (Å²) in [4.78, 5) is 0. The van der Waals surface area contributed by atoms with Crippen LogP contribution in [0.25, 0.3) is 0 Å². The molecule has 0 aromatic rings. The Morgan fingerprint density at radius 2 is 1.83 bits per heavy atom. The van der Waals surface area contributed by atoms with E-state index in [9.17, 15) is 5.11 Å². The average molecular weight is 175 g/mol. The smallest absolute Gasteiger partial charge is 0.0574 e. The molecule has 0 rings (SSSR count). The Labute approximate surface area is 74.8 Å². The number of aliphatic hydroxyl groups is 2. The van der Waals surface area contributed by atoms with Crippen LogP contribution in [0.15, 0.2) is 0 Å². The lowest BCUT2D eigenvalue weighted by Gasteiger charge is -2.25. The van der Waals surface area contributed by atoms with E-state index in [0.29, 0.717) is 6.54 Å². The van der Waals surface area contributed by atoms with Gasteiger partial charge in [-0.15, -0.1) is 0 Å². The molecular weight excluding hydrogens is 154 g/mol. The SMILES string of the molecule is CC(O)C(CO)CNC(C)(C)C. The van der Waals surface area contributed by atoms with Crippen LogP contribution in [0.1, 0.15) is 27.7 Å². The minimum absolute atomic E-state index is 0.0285. The Bertz CT molecular complexity index is 118. The lowest BCUT2D eigenvalue weighted by Crippen LogP contribution is -2.42. The second-order valence-corrected chi connectivity index (χ2v) is 4.31. The van der Waals surface area contributed by atoms with Crippen LogP contribution in [-0.4, -0.2) is 35.0 Å². The maximum absolute atomic E-state index is 9.21. The maximum atomic E-state index is 9.21. The number of hydrogen-bond acceptors (Lipinski definition) is 3. The van der Waals surface area contributed by atoms with E-state index >= 15 is 0 Å². The zero-order valence-electron chi connectivity index (χ0n) is 8.46. The summed E-state index contributed by atoms with van der Waals surface area (Å²) >= 11 is 0. The van der Waals surface area contributed by atoms with E-state index in [1.165, 1.54) is 0 Å². The van der Waals surface area contributed by atoms with Gasteiger partial charge in [-0.25, -0.2) is 0 Å². The highest BCUT2D eigenvalue weighted by molar-refractivity contribution is 4.74. The predicted molar refractivity (Wildman–Crippen MR) is 50.0 cm³/mol. The lowest BCUT2D eigenvalue weighted by atomic mass is 10.0. The van der Waals surface area contributed by atoms with Crippen LogP contribution < -0.4 is 5.32 Å². The second kappa shape index (κ2) is 4.80. The number of aliphatic hydroxyl groups excluding tert-OH is 2. The van der Waals surface area contributed by atoms with Gasteiger partial charge in [0, 0.05) is 24.6 Å². The maximum Gasteiger partial charge on any atom is 0.0574 e. The highest BCUT2D eigenvalue weighted by atomic mass is 16.3. The molecule has 3 nitrogen and oxygen atoms in total. The first kappa shape index (κ1) is 11.9. The van der Waals surface area contributed by atoms with E-state index in [4.69, 9.17) is 5.11 Å². The van der Waals surface area contributed by atoms with Crippen molar-refractivity contribution in [2.75, 3.05) is 13.2 Å². The van der Waals surface area contributed by atoms with Crippen LogP contribution >= 0.6 is 0 Å². The van der Waals surface area contributed by atoms with Crippen molar-refractivity contribution in [3.63, 3.8) is 0 Å².